The first-order valence-electron chi connectivity index (χ1n) is 6.43. The highest BCUT2D eigenvalue weighted by Crippen LogP contribution is 2.31. The molecule has 0 amide bonds. The van der Waals surface area contributed by atoms with Crippen molar-refractivity contribution < 1.29 is 13.2 Å². The molecule has 1 aliphatic rings. The van der Waals surface area contributed by atoms with Crippen molar-refractivity contribution >= 4 is 21.5 Å². The van der Waals surface area contributed by atoms with Gasteiger partial charge in [0.15, 0.2) is 11.0 Å². The van der Waals surface area contributed by atoms with Gasteiger partial charge in [-0.2, -0.15) is 5.26 Å². The number of carbonyl (C=O) groups is 1. The molecular formula is C14H16N2O3S. The van der Waals surface area contributed by atoms with E-state index in [0.717, 1.165) is 12.0 Å². The Morgan fingerprint density at radius 1 is 1.45 bits per heavy atom. The summed E-state index contributed by atoms with van der Waals surface area (Å²) in [5.74, 6) is -0.0434. The van der Waals surface area contributed by atoms with Crippen molar-refractivity contribution in [2.75, 3.05) is 10.8 Å². The monoisotopic (exact) mass is 292 g/mol. The fourth-order valence-corrected chi connectivity index (χ4v) is 3.65. The Morgan fingerprint density at radius 2 is 2.15 bits per heavy atom. The lowest BCUT2D eigenvalue weighted by Crippen LogP contribution is -2.40. The Kier molecular flexibility index (Phi) is 3.82. The molecule has 6 heteroatoms. The Labute approximate surface area is 118 Å². The number of fused-ring (bicyclic) bond motifs is 1. The molecule has 5 nitrogen and oxygen atoms in total. The molecule has 1 atom stereocenters. The zero-order valence-corrected chi connectivity index (χ0v) is 12.3. The molecule has 1 aromatic rings. The number of benzene rings is 1. The van der Waals surface area contributed by atoms with Gasteiger partial charge in [-0.25, -0.2) is 8.42 Å². The molecular weight excluding hydrogens is 276 g/mol. The van der Waals surface area contributed by atoms with Crippen LogP contribution in [0.1, 0.15) is 36.2 Å². The number of hydrogen-bond acceptors (Lipinski definition) is 4. The van der Waals surface area contributed by atoms with Gasteiger partial charge in [0.25, 0.3) is 10.0 Å². The Bertz CT molecular complexity index is 689. The molecule has 1 aliphatic heterocycles. The summed E-state index contributed by atoms with van der Waals surface area (Å²) in [6.07, 6.45) is 1.43. The summed E-state index contributed by atoms with van der Waals surface area (Å²) < 4.78 is 26.0. The molecule has 0 aromatic heterocycles. The van der Waals surface area contributed by atoms with Crippen LogP contribution in [0.15, 0.2) is 18.2 Å². The third kappa shape index (κ3) is 2.41. The summed E-state index contributed by atoms with van der Waals surface area (Å²) in [6, 6.07) is 6.82. The van der Waals surface area contributed by atoms with Crippen LogP contribution in [0.2, 0.25) is 0 Å². The molecule has 0 N–H and O–H groups in total. The van der Waals surface area contributed by atoms with Crippen LogP contribution >= 0.6 is 0 Å². The summed E-state index contributed by atoms with van der Waals surface area (Å²) in [5.41, 5.74) is 2.01. The zero-order chi connectivity index (χ0) is 14.9. The highest BCUT2D eigenvalue weighted by atomic mass is 32.2. The van der Waals surface area contributed by atoms with Crippen LogP contribution in [0, 0.1) is 11.3 Å². The third-order valence-electron chi connectivity index (χ3n) is 3.50. The molecule has 0 saturated heterocycles. The molecule has 0 saturated carbocycles. The summed E-state index contributed by atoms with van der Waals surface area (Å²) in [5, 5.41) is 7.78. The summed E-state index contributed by atoms with van der Waals surface area (Å²) >= 11 is 0. The smallest absolute Gasteiger partial charge is 0.251 e. The average molecular weight is 292 g/mol. The van der Waals surface area contributed by atoms with E-state index < -0.39 is 15.3 Å². The largest absolute Gasteiger partial charge is 0.295 e. The summed E-state index contributed by atoms with van der Waals surface area (Å²) in [4.78, 5) is 11.4. The Balaban J connectivity index is 2.49. The number of nitrogens with zero attached hydrogens (tertiary/aromatic N) is 2. The van der Waals surface area contributed by atoms with E-state index in [1.807, 2.05) is 0 Å². The van der Waals surface area contributed by atoms with E-state index in [0.29, 0.717) is 24.2 Å². The fourth-order valence-electron chi connectivity index (χ4n) is 2.30. The first kappa shape index (κ1) is 14.5. The van der Waals surface area contributed by atoms with Gasteiger partial charge in [-0.15, -0.1) is 0 Å². The first-order valence-corrected chi connectivity index (χ1v) is 7.93. The SMILES string of the molecule is CC(=O)c1ccc2c(c1)CCCN2S(=O)(=O)C(C)C#N. The van der Waals surface area contributed by atoms with Crippen LogP contribution in [-0.4, -0.2) is 26.0 Å². The van der Waals surface area contributed by atoms with Gasteiger partial charge in [0.1, 0.15) is 0 Å². The second-order valence-corrected chi connectivity index (χ2v) is 7.07. The van der Waals surface area contributed by atoms with Gasteiger partial charge in [0, 0.05) is 12.1 Å². The molecule has 1 aromatic carbocycles. The lowest BCUT2D eigenvalue weighted by molar-refractivity contribution is 0.101. The topological polar surface area (TPSA) is 78.2 Å². The molecule has 1 heterocycles. The molecule has 0 radical (unpaired) electrons. The number of aryl methyl sites for hydroxylation is 1. The Hall–Kier alpha value is -1.87. The molecule has 106 valence electrons. The van der Waals surface area contributed by atoms with Crippen molar-refractivity contribution in [3.05, 3.63) is 29.3 Å². The maximum absolute atomic E-state index is 12.3. The van der Waals surface area contributed by atoms with Gasteiger partial charge in [0.05, 0.1) is 11.8 Å². The minimum atomic E-state index is -3.67. The standard InChI is InChI=1S/C14H16N2O3S/c1-10(9-15)20(18,19)16-7-3-4-13-8-12(11(2)17)5-6-14(13)16/h5-6,8,10H,3-4,7H2,1-2H3. The van der Waals surface area contributed by atoms with Crippen LogP contribution in [0.25, 0.3) is 0 Å². The maximum atomic E-state index is 12.3. The van der Waals surface area contributed by atoms with Gasteiger partial charge in [-0.1, -0.05) is 0 Å². The van der Waals surface area contributed by atoms with Crippen molar-refractivity contribution in [3.63, 3.8) is 0 Å². The normalized spacial score (nSPS) is 16.1. The fraction of sp³-hybridized carbons (Fsp3) is 0.429. The second kappa shape index (κ2) is 5.25. The number of Topliss-reactive ketones (excluding diaryl/α,β-unsaturated/α-hetero) is 1. The number of anilines is 1. The highest BCUT2D eigenvalue weighted by Gasteiger charge is 2.32. The van der Waals surface area contributed by atoms with E-state index in [9.17, 15) is 13.2 Å². The van der Waals surface area contributed by atoms with E-state index in [1.165, 1.54) is 18.2 Å². The molecule has 1 unspecified atom stereocenters. The van der Waals surface area contributed by atoms with E-state index in [1.54, 1.807) is 24.3 Å². The number of rotatable bonds is 3. The van der Waals surface area contributed by atoms with Gasteiger partial charge in [-0.3, -0.25) is 9.10 Å². The summed E-state index contributed by atoms with van der Waals surface area (Å²) in [7, 11) is -3.67. The van der Waals surface area contributed by atoms with Gasteiger partial charge >= 0.3 is 0 Å². The van der Waals surface area contributed by atoms with E-state index in [2.05, 4.69) is 0 Å². The van der Waals surface area contributed by atoms with Crippen LogP contribution in [0.4, 0.5) is 5.69 Å². The van der Waals surface area contributed by atoms with Gasteiger partial charge < -0.3 is 0 Å². The lowest BCUT2D eigenvalue weighted by Gasteiger charge is -2.31. The number of nitriles is 1. The third-order valence-corrected chi connectivity index (χ3v) is 5.49. The highest BCUT2D eigenvalue weighted by molar-refractivity contribution is 7.93. The minimum Gasteiger partial charge on any atom is -0.295 e. The predicted octanol–water partition coefficient (Wildman–Crippen LogP) is 1.88. The molecule has 0 spiro atoms. The van der Waals surface area contributed by atoms with E-state index in [4.69, 9.17) is 5.26 Å². The molecule has 2 rings (SSSR count). The first-order chi connectivity index (χ1) is 9.37. The Morgan fingerprint density at radius 3 is 2.75 bits per heavy atom. The summed E-state index contributed by atoms with van der Waals surface area (Å²) in [6.45, 7) is 3.24. The van der Waals surface area contributed by atoms with Crippen LogP contribution in [0.3, 0.4) is 0 Å². The maximum Gasteiger partial charge on any atom is 0.251 e. The molecule has 20 heavy (non-hydrogen) atoms. The zero-order valence-electron chi connectivity index (χ0n) is 11.5. The molecule has 0 aliphatic carbocycles. The number of hydrogen-bond donors (Lipinski definition) is 0. The number of sulfonamides is 1. The lowest BCUT2D eigenvalue weighted by atomic mass is 9.99. The average Bonchev–Trinajstić information content (AvgIpc) is 2.44. The molecule has 0 bridgehead atoms. The minimum absolute atomic E-state index is 0.0434. The van der Waals surface area contributed by atoms with Crippen molar-refractivity contribution in [1.82, 2.24) is 0 Å². The van der Waals surface area contributed by atoms with Crippen LogP contribution < -0.4 is 4.31 Å². The van der Waals surface area contributed by atoms with Gasteiger partial charge in [0.2, 0.25) is 0 Å². The van der Waals surface area contributed by atoms with E-state index >= 15 is 0 Å². The van der Waals surface area contributed by atoms with Crippen molar-refractivity contribution in [1.29, 1.82) is 5.26 Å². The van der Waals surface area contributed by atoms with Crippen molar-refractivity contribution in [2.45, 2.75) is 31.9 Å². The van der Waals surface area contributed by atoms with Gasteiger partial charge in [-0.05, 0) is 50.5 Å². The van der Waals surface area contributed by atoms with Crippen molar-refractivity contribution in [2.24, 2.45) is 0 Å². The van der Waals surface area contributed by atoms with Crippen molar-refractivity contribution in [3.8, 4) is 6.07 Å². The van der Waals surface area contributed by atoms with Crippen LogP contribution in [0.5, 0.6) is 0 Å². The number of ketones is 1. The quantitative estimate of drug-likeness (QED) is 0.797. The van der Waals surface area contributed by atoms with E-state index in [-0.39, 0.29) is 5.78 Å². The number of carbonyl (C=O) groups excluding carboxylic acids is 1. The molecule has 0 fully saturated rings. The second-order valence-electron chi connectivity index (χ2n) is 4.89. The van der Waals surface area contributed by atoms with Crippen LogP contribution in [-0.2, 0) is 16.4 Å². The predicted molar refractivity (Wildman–Crippen MR) is 76.1 cm³/mol.